The molecule has 12 rings (SSSR count). The van der Waals surface area contributed by atoms with Gasteiger partial charge >= 0.3 is 0 Å². The van der Waals surface area contributed by atoms with Crippen LogP contribution in [-0.4, -0.2) is 6.71 Å². The van der Waals surface area contributed by atoms with E-state index in [0.717, 1.165) is 50.4 Å². The predicted octanol–water partition coefficient (Wildman–Crippen LogP) is 17.9. The zero-order valence-corrected chi connectivity index (χ0v) is 45.6. The molecule has 6 heteroatoms. The highest BCUT2D eigenvalue weighted by atomic mass is 32.1. The Labute approximate surface area is 437 Å². The van der Waals surface area contributed by atoms with Gasteiger partial charge in [0.05, 0.1) is 11.4 Å². The standard InChI is InChI=1S/C67H66BN3OS/c1-41-37-56-60-57(38-41)71(54-19-16-18-51-50-17-14-15-20-58(50)72-62(51)54)55-40-49(69(46-28-21-42(22-29-46)64(2,3)4)47-30-23-43(24-31-47)65(5,6)7)34-35-53(55)68(60)63-61(52-39-45(67(11,12)13)27-36-59(52)73-63)70(56)48-32-25-44(26-33-48)66(8,9)10/h14-40H,1-13H3. The summed E-state index contributed by atoms with van der Waals surface area (Å²) in [5.74, 6) is 0. The van der Waals surface area contributed by atoms with Gasteiger partial charge in [0.1, 0.15) is 5.58 Å². The van der Waals surface area contributed by atoms with E-state index in [-0.39, 0.29) is 28.4 Å². The minimum Gasteiger partial charge on any atom is -0.454 e. The van der Waals surface area contributed by atoms with Crippen molar-refractivity contribution in [2.24, 2.45) is 0 Å². The fourth-order valence-electron chi connectivity index (χ4n) is 11.4. The molecule has 73 heavy (non-hydrogen) atoms. The molecule has 0 atom stereocenters. The molecule has 0 aliphatic carbocycles. The third-order valence-corrected chi connectivity index (χ3v) is 16.7. The van der Waals surface area contributed by atoms with E-state index < -0.39 is 0 Å². The largest absolute Gasteiger partial charge is 0.454 e. The monoisotopic (exact) mass is 972 g/mol. The second kappa shape index (κ2) is 16.5. The zero-order valence-electron chi connectivity index (χ0n) is 44.8. The average Bonchev–Trinajstić information content (AvgIpc) is 3.92. The molecule has 0 fully saturated rings. The summed E-state index contributed by atoms with van der Waals surface area (Å²) >= 11 is 1.96. The molecular weight excluding hydrogens is 906 g/mol. The SMILES string of the molecule is Cc1cc2c3c(c1)N(c1cccc4c1oc1ccccc14)c1cc(N(c4ccc(C(C)(C)C)cc4)c4ccc(C(C)(C)C)cc4)ccc1B3c1sc3ccc(C(C)(C)C)cc3c1N2c1ccc(C(C)(C)C)cc1. The minimum atomic E-state index is -0.0399. The summed E-state index contributed by atoms with van der Waals surface area (Å²) in [5, 5.41) is 3.53. The summed E-state index contributed by atoms with van der Waals surface area (Å²) in [5.41, 5.74) is 21.2. The lowest BCUT2D eigenvalue weighted by atomic mass is 9.36. The van der Waals surface area contributed by atoms with E-state index in [1.165, 1.54) is 76.4 Å². The number of thiophene rings is 1. The van der Waals surface area contributed by atoms with Gasteiger partial charge in [-0.3, -0.25) is 0 Å². The smallest absolute Gasteiger partial charge is 0.264 e. The Bertz CT molecular complexity index is 3740. The number of rotatable bonds is 5. The number of hydrogen-bond acceptors (Lipinski definition) is 5. The van der Waals surface area contributed by atoms with Crippen molar-refractivity contribution in [1.82, 2.24) is 0 Å². The Kier molecular flexibility index (Phi) is 10.6. The first-order chi connectivity index (χ1) is 34.6. The van der Waals surface area contributed by atoms with Crippen molar-refractivity contribution in [3.63, 3.8) is 0 Å². The number of anilines is 9. The van der Waals surface area contributed by atoms with E-state index in [0.29, 0.717) is 0 Å². The fraction of sp³-hybridized carbons (Fsp3) is 0.254. The number of furan rings is 1. The Hall–Kier alpha value is -7.02. The van der Waals surface area contributed by atoms with E-state index >= 15 is 0 Å². The lowest BCUT2D eigenvalue weighted by Gasteiger charge is -2.43. The molecule has 0 amide bonds. The van der Waals surface area contributed by atoms with E-state index in [4.69, 9.17) is 4.42 Å². The van der Waals surface area contributed by atoms with Gasteiger partial charge in [-0.1, -0.05) is 162 Å². The third-order valence-electron chi connectivity index (χ3n) is 15.5. The van der Waals surface area contributed by atoms with Crippen LogP contribution in [0.4, 0.5) is 51.2 Å². The number of fused-ring (bicyclic) bond motifs is 9. The maximum Gasteiger partial charge on any atom is 0.264 e. The van der Waals surface area contributed by atoms with Crippen molar-refractivity contribution in [3.8, 4) is 0 Å². The molecule has 0 saturated carbocycles. The minimum absolute atomic E-state index is 0.0173. The Morgan fingerprint density at radius 1 is 0.452 bits per heavy atom. The molecule has 0 unspecified atom stereocenters. The molecule has 4 nitrogen and oxygen atoms in total. The summed E-state index contributed by atoms with van der Waals surface area (Å²) in [7, 11) is 0. The van der Waals surface area contributed by atoms with Gasteiger partial charge in [0.2, 0.25) is 0 Å². The van der Waals surface area contributed by atoms with Crippen molar-refractivity contribution in [1.29, 1.82) is 0 Å². The van der Waals surface area contributed by atoms with Crippen molar-refractivity contribution in [2.75, 3.05) is 14.7 Å². The number of benzene rings is 8. The number of hydrogen-bond donors (Lipinski definition) is 0. The first kappa shape index (κ1) is 47.0. The van der Waals surface area contributed by atoms with Crippen LogP contribution in [0.25, 0.3) is 32.0 Å². The summed E-state index contributed by atoms with van der Waals surface area (Å²) in [6.07, 6.45) is 0. The first-order valence-electron chi connectivity index (χ1n) is 26.1. The molecule has 0 spiro atoms. The second-order valence-corrected chi connectivity index (χ2v) is 25.9. The van der Waals surface area contributed by atoms with Gasteiger partial charge in [0, 0.05) is 65.4 Å². The third kappa shape index (κ3) is 7.78. The fourth-order valence-corrected chi connectivity index (χ4v) is 12.7. The molecule has 0 radical (unpaired) electrons. The van der Waals surface area contributed by atoms with Crippen LogP contribution in [-0.2, 0) is 21.7 Å². The molecule has 0 bridgehead atoms. The molecular formula is C67H66BN3OS. The lowest BCUT2D eigenvalue weighted by Crippen LogP contribution is -2.60. The van der Waals surface area contributed by atoms with E-state index in [1.54, 1.807) is 0 Å². The molecule has 364 valence electrons. The normalized spacial score (nSPS) is 13.7. The van der Waals surface area contributed by atoms with Gasteiger partial charge in [0.25, 0.3) is 6.71 Å². The molecule has 2 aromatic heterocycles. The van der Waals surface area contributed by atoms with Gasteiger partial charge in [-0.05, 0) is 152 Å². The van der Waals surface area contributed by atoms with Crippen LogP contribution in [0.3, 0.4) is 0 Å². The second-order valence-electron chi connectivity index (χ2n) is 24.8. The maximum absolute atomic E-state index is 6.99. The molecule has 0 N–H and O–H groups in total. The maximum atomic E-state index is 6.99. The van der Waals surface area contributed by atoms with Crippen molar-refractivity contribution in [3.05, 3.63) is 192 Å². The first-order valence-corrected chi connectivity index (χ1v) is 26.9. The van der Waals surface area contributed by atoms with Crippen LogP contribution in [0.5, 0.6) is 0 Å². The van der Waals surface area contributed by atoms with Crippen LogP contribution in [0.15, 0.2) is 168 Å². The lowest BCUT2D eigenvalue weighted by molar-refractivity contribution is 0.590. The van der Waals surface area contributed by atoms with Crippen LogP contribution in [0.2, 0.25) is 0 Å². The molecule has 10 aromatic rings. The van der Waals surface area contributed by atoms with Crippen molar-refractivity contribution >= 4 is 117 Å². The van der Waals surface area contributed by atoms with Crippen LogP contribution >= 0.6 is 11.3 Å². The van der Waals surface area contributed by atoms with Gasteiger partial charge in [0.15, 0.2) is 5.58 Å². The molecule has 2 aliphatic rings. The summed E-state index contributed by atoms with van der Waals surface area (Å²) < 4.78 is 9.66. The number of para-hydroxylation sites is 2. The van der Waals surface area contributed by atoms with Crippen LogP contribution < -0.4 is 30.4 Å². The Morgan fingerprint density at radius 2 is 0.986 bits per heavy atom. The summed E-state index contributed by atoms with van der Waals surface area (Å²) in [4.78, 5) is 7.57. The van der Waals surface area contributed by atoms with E-state index in [2.05, 4.69) is 269 Å². The van der Waals surface area contributed by atoms with Crippen molar-refractivity contribution < 1.29 is 4.42 Å². The highest BCUT2D eigenvalue weighted by molar-refractivity contribution is 7.33. The van der Waals surface area contributed by atoms with Gasteiger partial charge in [-0.15, -0.1) is 11.3 Å². The van der Waals surface area contributed by atoms with E-state index in [1.807, 2.05) is 11.3 Å². The summed E-state index contributed by atoms with van der Waals surface area (Å²) in [6, 6.07) is 62.3. The molecule has 0 saturated heterocycles. The van der Waals surface area contributed by atoms with Gasteiger partial charge in [-0.25, -0.2) is 0 Å². The zero-order chi connectivity index (χ0) is 51.1. The van der Waals surface area contributed by atoms with Crippen LogP contribution in [0, 0.1) is 6.92 Å². The predicted molar refractivity (Wildman–Crippen MR) is 317 cm³/mol. The number of aryl methyl sites for hydroxylation is 1. The highest BCUT2D eigenvalue weighted by Crippen LogP contribution is 2.51. The summed E-state index contributed by atoms with van der Waals surface area (Å²) in [6.45, 7) is 29.8. The highest BCUT2D eigenvalue weighted by Gasteiger charge is 2.46. The molecule has 8 aromatic carbocycles. The number of nitrogens with zero attached hydrogens (tertiary/aromatic N) is 3. The molecule has 2 aliphatic heterocycles. The quantitative estimate of drug-likeness (QED) is 0.160. The topological polar surface area (TPSA) is 22.9 Å². The average molecular weight is 972 g/mol. The Balaban J connectivity index is 1.16. The van der Waals surface area contributed by atoms with Gasteiger partial charge in [-0.2, -0.15) is 0 Å². The van der Waals surface area contributed by atoms with Gasteiger partial charge < -0.3 is 19.1 Å². The molecule has 4 heterocycles. The van der Waals surface area contributed by atoms with E-state index in [9.17, 15) is 0 Å². The van der Waals surface area contributed by atoms with Crippen LogP contribution in [0.1, 0.15) is 111 Å². The Morgan fingerprint density at radius 3 is 1.59 bits per heavy atom. The van der Waals surface area contributed by atoms with Crippen molar-refractivity contribution in [2.45, 2.75) is 112 Å².